The standard InChI is InChI=1S/C7H13F3OS/c8-7(9,10)12-6-4-2-1-3-5-11/h11H,1-6H2. The van der Waals surface area contributed by atoms with E-state index in [0.717, 1.165) is 12.8 Å². The first-order valence-electron chi connectivity index (χ1n) is 3.88. The number of rotatable bonds is 6. The van der Waals surface area contributed by atoms with Crippen LogP contribution in [0.1, 0.15) is 25.7 Å². The highest BCUT2D eigenvalue weighted by Gasteiger charge is 2.27. The van der Waals surface area contributed by atoms with E-state index >= 15 is 0 Å². The minimum Gasteiger partial charge on any atom is -0.396 e. The van der Waals surface area contributed by atoms with Crippen LogP contribution in [0, 0.1) is 0 Å². The molecule has 0 saturated heterocycles. The van der Waals surface area contributed by atoms with Gasteiger partial charge in [0, 0.05) is 12.4 Å². The van der Waals surface area contributed by atoms with E-state index in [-0.39, 0.29) is 24.1 Å². The van der Waals surface area contributed by atoms with Crippen molar-refractivity contribution in [1.29, 1.82) is 0 Å². The van der Waals surface area contributed by atoms with Crippen molar-refractivity contribution in [2.24, 2.45) is 0 Å². The molecular formula is C7H13F3OS. The van der Waals surface area contributed by atoms with Crippen LogP contribution in [0.4, 0.5) is 13.2 Å². The van der Waals surface area contributed by atoms with Gasteiger partial charge in [-0.3, -0.25) is 0 Å². The zero-order valence-electron chi connectivity index (χ0n) is 6.73. The molecule has 0 saturated carbocycles. The molecule has 0 fully saturated rings. The first-order chi connectivity index (χ1) is 5.56. The van der Waals surface area contributed by atoms with E-state index in [1.165, 1.54) is 0 Å². The van der Waals surface area contributed by atoms with Gasteiger partial charge in [0.05, 0.1) is 0 Å². The molecule has 5 heteroatoms. The van der Waals surface area contributed by atoms with Crippen LogP contribution in [0.2, 0.25) is 0 Å². The van der Waals surface area contributed by atoms with E-state index in [0.29, 0.717) is 12.8 Å². The van der Waals surface area contributed by atoms with Crippen LogP contribution < -0.4 is 0 Å². The van der Waals surface area contributed by atoms with Gasteiger partial charge in [0.1, 0.15) is 0 Å². The Bertz CT molecular complexity index is 105. The summed E-state index contributed by atoms with van der Waals surface area (Å²) < 4.78 is 34.7. The Morgan fingerprint density at radius 1 is 1.00 bits per heavy atom. The molecule has 0 atom stereocenters. The molecule has 0 rings (SSSR count). The van der Waals surface area contributed by atoms with Crippen LogP contribution in [-0.2, 0) is 0 Å². The fourth-order valence-electron chi connectivity index (χ4n) is 0.755. The molecule has 0 radical (unpaired) electrons. The number of thioether (sulfide) groups is 1. The quantitative estimate of drug-likeness (QED) is 0.668. The summed E-state index contributed by atoms with van der Waals surface area (Å²) in [7, 11) is 0. The van der Waals surface area contributed by atoms with Crippen molar-refractivity contribution < 1.29 is 18.3 Å². The minimum absolute atomic E-state index is 0.0291. The molecule has 0 aliphatic carbocycles. The number of hydrogen-bond acceptors (Lipinski definition) is 2. The molecule has 0 aromatic carbocycles. The third-order valence-corrected chi connectivity index (χ3v) is 2.14. The third-order valence-electron chi connectivity index (χ3n) is 1.32. The molecule has 0 bridgehead atoms. The molecule has 1 nitrogen and oxygen atoms in total. The predicted octanol–water partition coefficient (Wildman–Crippen LogP) is 2.79. The van der Waals surface area contributed by atoms with E-state index in [4.69, 9.17) is 5.11 Å². The molecule has 0 spiro atoms. The van der Waals surface area contributed by atoms with Gasteiger partial charge in [0.25, 0.3) is 0 Å². The summed E-state index contributed by atoms with van der Waals surface area (Å²) in [6.07, 6.45) is 2.85. The number of aliphatic hydroxyl groups is 1. The summed E-state index contributed by atoms with van der Waals surface area (Å²) in [5.41, 5.74) is -4.09. The Balaban J connectivity index is 3.01. The smallest absolute Gasteiger partial charge is 0.396 e. The monoisotopic (exact) mass is 202 g/mol. The number of aliphatic hydroxyl groups excluding tert-OH is 1. The highest BCUT2D eigenvalue weighted by atomic mass is 32.2. The van der Waals surface area contributed by atoms with Crippen LogP contribution in [0.5, 0.6) is 0 Å². The summed E-state index contributed by atoms with van der Waals surface area (Å²) in [5.74, 6) is 0.134. The Labute approximate surface area is 74.3 Å². The number of halogens is 3. The van der Waals surface area contributed by atoms with E-state index in [9.17, 15) is 13.2 Å². The number of unbranched alkanes of at least 4 members (excludes halogenated alkanes) is 3. The van der Waals surface area contributed by atoms with Crippen molar-refractivity contribution in [3.63, 3.8) is 0 Å². The van der Waals surface area contributed by atoms with Gasteiger partial charge in [0.15, 0.2) is 0 Å². The van der Waals surface area contributed by atoms with E-state index in [1.807, 2.05) is 0 Å². The van der Waals surface area contributed by atoms with Crippen molar-refractivity contribution in [2.75, 3.05) is 12.4 Å². The van der Waals surface area contributed by atoms with Crippen LogP contribution in [0.15, 0.2) is 0 Å². The maximum Gasteiger partial charge on any atom is 0.441 e. The summed E-state index contributed by atoms with van der Waals surface area (Å²) in [6, 6.07) is 0. The van der Waals surface area contributed by atoms with Crippen molar-refractivity contribution >= 4 is 11.8 Å². The first kappa shape index (κ1) is 12.1. The van der Waals surface area contributed by atoms with E-state index < -0.39 is 5.51 Å². The zero-order chi connectivity index (χ0) is 9.45. The van der Waals surface area contributed by atoms with Gasteiger partial charge in [0.2, 0.25) is 0 Å². The lowest BCUT2D eigenvalue weighted by atomic mass is 10.2. The molecule has 0 heterocycles. The molecular weight excluding hydrogens is 189 g/mol. The second kappa shape index (κ2) is 6.60. The van der Waals surface area contributed by atoms with Gasteiger partial charge in [-0.2, -0.15) is 13.2 Å². The third kappa shape index (κ3) is 10.1. The summed E-state index contributed by atoms with van der Waals surface area (Å²) in [5, 5.41) is 8.37. The molecule has 74 valence electrons. The van der Waals surface area contributed by atoms with Crippen molar-refractivity contribution in [2.45, 2.75) is 31.2 Å². The largest absolute Gasteiger partial charge is 0.441 e. The molecule has 0 aromatic heterocycles. The van der Waals surface area contributed by atoms with Crippen molar-refractivity contribution in [1.82, 2.24) is 0 Å². The average Bonchev–Trinajstić information content (AvgIpc) is 1.94. The summed E-state index contributed by atoms with van der Waals surface area (Å²) >= 11 is 0.0291. The maximum atomic E-state index is 11.6. The van der Waals surface area contributed by atoms with Gasteiger partial charge >= 0.3 is 5.51 Å². The lowest BCUT2D eigenvalue weighted by molar-refractivity contribution is -0.0328. The summed E-state index contributed by atoms with van der Waals surface area (Å²) in [6.45, 7) is 0.131. The second-order valence-corrected chi connectivity index (χ2v) is 3.59. The molecule has 12 heavy (non-hydrogen) atoms. The average molecular weight is 202 g/mol. The van der Waals surface area contributed by atoms with Crippen LogP contribution in [0.25, 0.3) is 0 Å². The number of hydrogen-bond donors (Lipinski definition) is 1. The Kier molecular flexibility index (Phi) is 6.65. The Morgan fingerprint density at radius 2 is 1.58 bits per heavy atom. The second-order valence-electron chi connectivity index (χ2n) is 2.43. The fraction of sp³-hybridized carbons (Fsp3) is 1.00. The molecule has 0 aromatic rings. The number of alkyl halides is 3. The molecule has 1 N–H and O–H groups in total. The van der Waals surface area contributed by atoms with Crippen LogP contribution in [0.3, 0.4) is 0 Å². The highest BCUT2D eigenvalue weighted by molar-refractivity contribution is 8.00. The molecule has 0 unspecified atom stereocenters. The van der Waals surface area contributed by atoms with Crippen molar-refractivity contribution in [3.8, 4) is 0 Å². The molecule has 0 amide bonds. The first-order valence-corrected chi connectivity index (χ1v) is 4.86. The van der Waals surface area contributed by atoms with E-state index in [2.05, 4.69) is 0 Å². The van der Waals surface area contributed by atoms with Gasteiger partial charge in [-0.1, -0.05) is 24.6 Å². The normalized spacial score (nSPS) is 12.0. The van der Waals surface area contributed by atoms with Crippen LogP contribution >= 0.6 is 11.8 Å². The maximum absolute atomic E-state index is 11.6. The lowest BCUT2D eigenvalue weighted by Gasteiger charge is -2.04. The SMILES string of the molecule is OCCCCCCSC(F)(F)F. The molecule has 0 aliphatic rings. The molecule has 0 aliphatic heterocycles. The van der Waals surface area contributed by atoms with Gasteiger partial charge in [-0.15, -0.1) is 0 Å². The minimum atomic E-state index is -4.09. The van der Waals surface area contributed by atoms with E-state index in [1.54, 1.807) is 0 Å². The topological polar surface area (TPSA) is 20.2 Å². The van der Waals surface area contributed by atoms with Gasteiger partial charge < -0.3 is 5.11 Å². The summed E-state index contributed by atoms with van der Waals surface area (Å²) in [4.78, 5) is 0. The predicted molar refractivity (Wildman–Crippen MR) is 44.1 cm³/mol. The Morgan fingerprint density at radius 3 is 2.08 bits per heavy atom. The van der Waals surface area contributed by atoms with Gasteiger partial charge in [-0.05, 0) is 12.8 Å². The lowest BCUT2D eigenvalue weighted by Crippen LogP contribution is -2.01. The fourth-order valence-corrected chi connectivity index (χ4v) is 1.34. The highest BCUT2D eigenvalue weighted by Crippen LogP contribution is 2.30. The van der Waals surface area contributed by atoms with Crippen LogP contribution in [-0.4, -0.2) is 23.0 Å². The Hall–Kier alpha value is 0.100. The zero-order valence-corrected chi connectivity index (χ0v) is 7.55. The van der Waals surface area contributed by atoms with Crippen molar-refractivity contribution in [3.05, 3.63) is 0 Å². The van der Waals surface area contributed by atoms with Gasteiger partial charge in [-0.25, -0.2) is 0 Å².